The molecule has 0 unspecified atom stereocenters. The van der Waals surface area contributed by atoms with Crippen molar-refractivity contribution in [3.63, 3.8) is 0 Å². The molecule has 24 heavy (non-hydrogen) atoms. The van der Waals surface area contributed by atoms with Crippen LogP contribution in [0.3, 0.4) is 0 Å². The Morgan fingerprint density at radius 1 is 1.33 bits per heavy atom. The van der Waals surface area contributed by atoms with Crippen LogP contribution in [0, 0.1) is 0 Å². The van der Waals surface area contributed by atoms with Gasteiger partial charge in [0.15, 0.2) is 5.69 Å². The minimum Gasteiger partial charge on any atom is -0.497 e. The van der Waals surface area contributed by atoms with Crippen LogP contribution >= 0.6 is 0 Å². The Bertz CT molecular complexity index is 708. The number of likely N-dealkylation sites (tertiary alicyclic amines) is 1. The first-order valence-corrected chi connectivity index (χ1v) is 8.51. The molecule has 0 N–H and O–H groups in total. The first-order chi connectivity index (χ1) is 11.6. The standard InChI is InChI=1S/C19H24N2O3/c1-13(2)18-12-16(20-24-18)19(22)21-10-5-4-9-17(21)14-7-6-8-15(11-14)23-3/h6-8,11-13,17H,4-5,9-10H2,1-3H3/t17-/m1/s1. The number of aromatic nitrogens is 1. The third kappa shape index (κ3) is 3.30. The van der Waals surface area contributed by atoms with Crippen LogP contribution in [-0.2, 0) is 0 Å². The molecule has 1 atom stereocenters. The molecule has 1 amide bonds. The van der Waals surface area contributed by atoms with Gasteiger partial charge in [-0.15, -0.1) is 0 Å². The Hall–Kier alpha value is -2.30. The maximum atomic E-state index is 12.9. The summed E-state index contributed by atoms with van der Waals surface area (Å²) in [6.45, 7) is 4.79. The van der Waals surface area contributed by atoms with E-state index < -0.39 is 0 Å². The van der Waals surface area contributed by atoms with Crippen molar-refractivity contribution in [2.45, 2.75) is 45.1 Å². The normalized spacial score (nSPS) is 18.0. The molecule has 0 aliphatic carbocycles. The summed E-state index contributed by atoms with van der Waals surface area (Å²) in [6.07, 6.45) is 3.08. The van der Waals surface area contributed by atoms with Crippen molar-refractivity contribution in [3.05, 3.63) is 47.3 Å². The fourth-order valence-electron chi connectivity index (χ4n) is 3.18. The van der Waals surface area contributed by atoms with E-state index in [1.54, 1.807) is 13.2 Å². The minimum absolute atomic E-state index is 0.0561. The van der Waals surface area contributed by atoms with Gasteiger partial charge in [0.1, 0.15) is 11.5 Å². The first-order valence-electron chi connectivity index (χ1n) is 8.51. The van der Waals surface area contributed by atoms with Gasteiger partial charge in [-0.1, -0.05) is 31.1 Å². The fourth-order valence-corrected chi connectivity index (χ4v) is 3.18. The smallest absolute Gasteiger partial charge is 0.276 e. The molecule has 5 heteroatoms. The Labute approximate surface area is 142 Å². The van der Waals surface area contributed by atoms with Gasteiger partial charge in [-0.25, -0.2) is 0 Å². The van der Waals surface area contributed by atoms with E-state index in [1.165, 1.54) is 0 Å². The molecular weight excluding hydrogens is 304 g/mol. The van der Waals surface area contributed by atoms with Crippen molar-refractivity contribution in [3.8, 4) is 5.75 Å². The molecule has 3 rings (SSSR count). The predicted octanol–water partition coefficient (Wildman–Crippen LogP) is 4.17. The number of hydrogen-bond donors (Lipinski definition) is 0. The molecule has 2 heterocycles. The lowest BCUT2D eigenvalue weighted by molar-refractivity contribution is 0.0600. The Morgan fingerprint density at radius 2 is 2.17 bits per heavy atom. The lowest BCUT2D eigenvalue weighted by atomic mass is 9.94. The number of amides is 1. The summed E-state index contributed by atoms with van der Waals surface area (Å²) in [5.74, 6) is 1.72. The predicted molar refractivity (Wildman–Crippen MR) is 91.2 cm³/mol. The number of benzene rings is 1. The van der Waals surface area contributed by atoms with Gasteiger partial charge in [-0.2, -0.15) is 0 Å². The van der Waals surface area contributed by atoms with Gasteiger partial charge in [0, 0.05) is 18.5 Å². The van der Waals surface area contributed by atoms with Crippen LogP contribution in [0.5, 0.6) is 5.75 Å². The maximum absolute atomic E-state index is 12.9. The second kappa shape index (κ2) is 7.07. The summed E-state index contributed by atoms with van der Waals surface area (Å²) in [5.41, 5.74) is 1.50. The number of carbonyl (C=O) groups is 1. The largest absolute Gasteiger partial charge is 0.497 e. The zero-order valence-corrected chi connectivity index (χ0v) is 14.5. The quantitative estimate of drug-likeness (QED) is 0.845. The van der Waals surface area contributed by atoms with Gasteiger partial charge >= 0.3 is 0 Å². The van der Waals surface area contributed by atoms with Gasteiger partial charge < -0.3 is 14.2 Å². The van der Waals surface area contributed by atoms with Gasteiger partial charge in [-0.05, 0) is 37.0 Å². The zero-order valence-electron chi connectivity index (χ0n) is 14.5. The SMILES string of the molecule is COc1cccc([C@H]2CCCCN2C(=O)c2cc(C(C)C)on2)c1. The van der Waals surface area contributed by atoms with Crippen LogP contribution in [0.15, 0.2) is 34.9 Å². The molecule has 1 aromatic carbocycles. The lowest BCUT2D eigenvalue weighted by Gasteiger charge is -2.35. The highest BCUT2D eigenvalue weighted by atomic mass is 16.5. The Kier molecular flexibility index (Phi) is 4.88. The molecule has 1 aromatic heterocycles. The van der Waals surface area contributed by atoms with Crippen LogP contribution in [0.2, 0.25) is 0 Å². The topological polar surface area (TPSA) is 55.6 Å². The third-order valence-electron chi connectivity index (χ3n) is 4.56. The van der Waals surface area contributed by atoms with Crippen LogP contribution in [-0.4, -0.2) is 29.6 Å². The number of piperidine rings is 1. The van der Waals surface area contributed by atoms with E-state index in [1.807, 2.05) is 36.9 Å². The number of nitrogens with zero attached hydrogens (tertiary/aromatic N) is 2. The summed E-state index contributed by atoms with van der Waals surface area (Å²) in [5, 5.41) is 3.98. The van der Waals surface area contributed by atoms with Crippen LogP contribution in [0.1, 0.15) is 66.9 Å². The van der Waals surface area contributed by atoms with Gasteiger partial charge in [-0.3, -0.25) is 4.79 Å². The molecule has 1 aliphatic heterocycles. The van der Waals surface area contributed by atoms with Crippen LogP contribution in [0.25, 0.3) is 0 Å². The van der Waals surface area contributed by atoms with E-state index in [0.717, 1.165) is 42.9 Å². The number of methoxy groups -OCH3 is 1. The summed E-state index contributed by atoms with van der Waals surface area (Å²) in [6, 6.07) is 9.79. The number of ether oxygens (including phenoxy) is 1. The number of rotatable bonds is 4. The minimum atomic E-state index is -0.0573. The second-order valence-electron chi connectivity index (χ2n) is 6.56. The maximum Gasteiger partial charge on any atom is 0.276 e. The van der Waals surface area contributed by atoms with Crippen molar-refractivity contribution in [2.75, 3.05) is 13.7 Å². The van der Waals surface area contributed by atoms with E-state index in [9.17, 15) is 4.79 Å². The van der Waals surface area contributed by atoms with Crippen molar-refractivity contribution in [2.24, 2.45) is 0 Å². The van der Waals surface area contributed by atoms with E-state index in [2.05, 4.69) is 11.2 Å². The number of carbonyl (C=O) groups excluding carboxylic acids is 1. The Morgan fingerprint density at radius 3 is 2.88 bits per heavy atom. The third-order valence-corrected chi connectivity index (χ3v) is 4.56. The summed E-state index contributed by atoms with van der Waals surface area (Å²) in [7, 11) is 1.66. The van der Waals surface area contributed by atoms with Gasteiger partial charge in [0.05, 0.1) is 13.2 Å². The van der Waals surface area contributed by atoms with E-state index in [0.29, 0.717) is 5.69 Å². The highest BCUT2D eigenvalue weighted by Crippen LogP contribution is 2.33. The summed E-state index contributed by atoms with van der Waals surface area (Å²) < 4.78 is 10.6. The molecule has 1 fully saturated rings. The summed E-state index contributed by atoms with van der Waals surface area (Å²) in [4.78, 5) is 14.9. The second-order valence-corrected chi connectivity index (χ2v) is 6.56. The lowest BCUT2D eigenvalue weighted by Crippen LogP contribution is -2.38. The zero-order chi connectivity index (χ0) is 17.1. The van der Waals surface area contributed by atoms with Gasteiger partial charge in [0.25, 0.3) is 5.91 Å². The molecule has 1 saturated heterocycles. The van der Waals surface area contributed by atoms with E-state index >= 15 is 0 Å². The fraction of sp³-hybridized carbons (Fsp3) is 0.474. The molecule has 0 saturated carbocycles. The first kappa shape index (κ1) is 16.6. The van der Waals surface area contributed by atoms with Crippen molar-refractivity contribution >= 4 is 5.91 Å². The van der Waals surface area contributed by atoms with E-state index in [-0.39, 0.29) is 17.9 Å². The molecular formula is C19H24N2O3. The molecule has 0 radical (unpaired) electrons. The monoisotopic (exact) mass is 328 g/mol. The van der Waals surface area contributed by atoms with Crippen molar-refractivity contribution < 1.29 is 14.1 Å². The molecule has 0 bridgehead atoms. The van der Waals surface area contributed by atoms with Crippen molar-refractivity contribution in [1.82, 2.24) is 10.1 Å². The molecule has 1 aliphatic rings. The molecule has 5 nitrogen and oxygen atoms in total. The highest BCUT2D eigenvalue weighted by Gasteiger charge is 2.30. The average molecular weight is 328 g/mol. The highest BCUT2D eigenvalue weighted by molar-refractivity contribution is 5.92. The molecule has 128 valence electrons. The van der Waals surface area contributed by atoms with Gasteiger partial charge in [0.2, 0.25) is 0 Å². The van der Waals surface area contributed by atoms with E-state index in [4.69, 9.17) is 9.26 Å². The number of hydrogen-bond acceptors (Lipinski definition) is 4. The molecule has 0 spiro atoms. The summed E-state index contributed by atoms with van der Waals surface area (Å²) >= 11 is 0. The van der Waals surface area contributed by atoms with Crippen LogP contribution < -0.4 is 4.74 Å². The average Bonchev–Trinajstić information content (AvgIpc) is 3.11. The van der Waals surface area contributed by atoms with Crippen LogP contribution in [0.4, 0.5) is 0 Å². The Balaban J connectivity index is 1.86. The molecule has 2 aromatic rings. The van der Waals surface area contributed by atoms with Crippen molar-refractivity contribution in [1.29, 1.82) is 0 Å².